The first-order chi connectivity index (χ1) is 10.4. The molecule has 0 aromatic carbocycles. The fourth-order valence-corrected chi connectivity index (χ4v) is 3.69. The molecule has 2 fully saturated rings. The van der Waals surface area contributed by atoms with Crippen LogP contribution < -0.4 is 5.73 Å². The monoisotopic (exact) mass is 326 g/mol. The van der Waals surface area contributed by atoms with Gasteiger partial charge in [0.2, 0.25) is 0 Å². The molecule has 23 heavy (non-hydrogen) atoms. The van der Waals surface area contributed by atoms with Gasteiger partial charge in [-0.05, 0) is 51.9 Å². The number of nitrogens with zero attached hydrogens (tertiary/aromatic N) is 1. The average Bonchev–Trinajstić information content (AvgIpc) is 3.16. The number of piperidine rings is 1. The molecule has 1 saturated carbocycles. The summed E-state index contributed by atoms with van der Waals surface area (Å²) in [5, 5.41) is 9.34. The fraction of sp³-hybridized carbons (Fsp3) is 0.882. The Labute approximate surface area is 138 Å². The number of rotatable bonds is 3. The van der Waals surface area contributed by atoms with Crippen molar-refractivity contribution in [3.8, 4) is 0 Å². The van der Waals surface area contributed by atoms with E-state index in [1.54, 1.807) is 4.90 Å². The van der Waals surface area contributed by atoms with Crippen molar-refractivity contribution in [3.05, 3.63) is 0 Å². The van der Waals surface area contributed by atoms with Gasteiger partial charge in [0, 0.05) is 18.0 Å². The van der Waals surface area contributed by atoms with Crippen molar-refractivity contribution < 1.29 is 19.4 Å². The molecule has 0 radical (unpaired) electrons. The zero-order valence-electron chi connectivity index (χ0n) is 14.9. The predicted octanol–water partition coefficient (Wildman–Crippen LogP) is 2.60. The van der Waals surface area contributed by atoms with Gasteiger partial charge in [0.1, 0.15) is 11.6 Å². The molecule has 1 heterocycles. The lowest BCUT2D eigenvalue weighted by Gasteiger charge is -2.47. The van der Waals surface area contributed by atoms with Crippen LogP contribution in [-0.2, 0) is 9.53 Å². The Bertz CT molecular complexity index is 491. The van der Waals surface area contributed by atoms with Gasteiger partial charge >= 0.3 is 12.1 Å². The summed E-state index contributed by atoms with van der Waals surface area (Å²) in [7, 11) is 0. The maximum Gasteiger partial charge on any atom is 0.410 e. The molecule has 0 aromatic rings. The van der Waals surface area contributed by atoms with Crippen LogP contribution in [0.3, 0.4) is 0 Å². The van der Waals surface area contributed by atoms with Crippen LogP contribution in [0.2, 0.25) is 0 Å². The molecule has 1 amide bonds. The van der Waals surface area contributed by atoms with Crippen LogP contribution in [0.1, 0.15) is 60.3 Å². The Balaban J connectivity index is 2.26. The van der Waals surface area contributed by atoms with Crippen molar-refractivity contribution in [3.63, 3.8) is 0 Å². The lowest BCUT2D eigenvalue weighted by Crippen LogP contribution is -2.59. The van der Waals surface area contributed by atoms with Crippen LogP contribution in [0.15, 0.2) is 0 Å². The molecule has 2 unspecified atom stereocenters. The number of carboxylic acids is 1. The van der Waals surface area contributed by atoms with Gasteiger partial charge in [0.05, 0.1) is 0 Å². The molecule has 6 nitrogen and oxygen atoms in total. The molecule has 0 spiro atoms. The van der Waals surface area contributed by atoms with E-state index in [2.05, 4.69) is 13.8 Å². The molecule has 0 bridgehead atoms. The van der Waals surface area contributed by atoms with Gasteiger partial charge in [-0.3, -0.25) is 4.79 Å². The quantitative estimate of drug-likeness (QED) is 0.831. The third kappa shape index (κ3) is 3.79. The number of aliphatic carboxylic acids is 1. The lowest BCUT2D eigenvalue weighted by atomic mass is 9.75. The highest BCUT2D eigenvalue weighted by Crippen LogP contribution is 2.56. The van der Waals surface area contributed by atoms with Gasteiger partial charge < -0.3 is 20.5 Å². The predicted molar refractivity (Wildman–Crippen MR) is 87.0 cm³/mol. The summed E-state index contributed by atoms with van der Waals surface area (Å²) in [5.74, 6) is -0.989. The molecule has 0 aromatic heterocycles. The second-order valence-corrected chi connectivity index (χ2v) is 8.88. The Morgan fingerprint density at radius 1 is 1.26 bits per heavy atom. The van der Waals surface area contributed by atoms with E-state index in [0.29, 0.717) is 6.54 Å². The van der Waals surface area contributed by atoms with E-state index in [9.17, 15) is 14.7 Å². The summed E-state index contributed by atoms with van der Waals surface area (Å²) in [4.78, 5) is 25.8. The standard InChI is InChI=1S/C17H30N2O4/c1-15(2,3)23-14(22)19-10-16(4,5)7-6-11(19)17(8-9-17)12(18)13(20)21/h11-12H,6-10,18H2,1-5H3,(H,20,21). The van der Waals surface area contributed by atoms with Crippen molar-refractivity contribution in [2.45, 2.75) is 78.0 Å². The Hall–Kier alpha value is -1.30. The molecular weight excluding hydrogens is 296 g/mol. The summed E-state index contributed by atoms with van der Waals surface area (Å²) < 4.78 is 5.56. The summed E-state index contributed by atoms with van der Waals surface area (Å²) in [6.45, 7) is 10.3. The maximum absolute atomic E-state index is 12.7. The van der Waals surface area contributed by atoms with Gasteiger partial charge in [-0.25, -0.2) is 4.79 Å². The van der Waals surface area contributed by atoms with Crippen molar-refractivity contribution >= 4 is 12.1 Å². The number of nitrogens with two attached hydrogens (primary N) is 1. The topological polar surface area (TPSA) is 92.9 Å². The van der Waals surface area contributed by atoms with Crippen LogP contribution in [0.25, 0.3) is 0 Å². The maximum atomic E-state index is 12.7. The summed E-state index contributed by atoms with van der Waals surface area (Å²) >= 11 is 0. The van der Waals surface area contributed by atoms with Gasteiger partial charge in [-0.15, -0.1) is 0 Å². The first kappa shape index (κ1) is 18.0. The van der Waals surface area contributed by atoms with Crippen molar-refractivity contribution in [1.82, 2.24) is 4.90 Å². The largest absolute Gasteiger partial charge is 0.480 e. The number of carboxylic acid groups (broad SMARTS) is 1. The summed E-state index contributed by atoms with van der Waals surface area (Å²) in [6, 6.07) is -1.09. The van der Waals surface area contributed by atoms with Crippen LogP contribution >= 0.6 is 0 Å². The second-order valence-electron chi connectivity index (χ2n) is 8.88. The molecule has 1 aliphatic carbocycles. The van der Waals surface area contributed by atoms with Crippen molar-refractivity contribution in [1.29, 1.82) is 0 Å². The molecule has 2 rings (SSSR count). The molecular formula is C17H30N2O4. The zero-order chi connectivity index (χ0) is 17.6. The van der Waals surface area contributed by atoms with Crippen LogP contribution in [0, 0.1) is 10.8 Å². The zero-order valence-corrected chi connectivity index (χ0v) is 14.9. The Morgan fingerprint density at radius 2 is 1.83 bits per heavy atom. The average molecular weight is 326 g/mol. The first-order valence-corrected chi connectivity index (χ1v) is 8.36. The van der Waals surface area contributed by atoms with Crippen LogP contribution in [-0.4, -0.2) is 46.3 Å². The fourth-order valence-electron chi connectivity index (χ4n) is 3.69. The molecule has 6 heteroatoms. The molecule has 2 atom stereocenters. The highest BCUT2D eigenvalue weighted by molar-refractivity contribution is 5.76. The minimum atomic E-state index is -0.989. The molecule has 2 aliphatic rings. The number of likely N-dealkylation sites (tertiary alicyclic amines) is 1. The van der Waals surface area contributed by atoms with Gasteiger partial charge in [-0.1, -0.05) is 13.8 Å². The van der Waals surface area contributed by atoms with Crippen molar-refractivity contribution in [2.75, 3.05) is 6.54 Å². The van der Waals surface area contributed by atoms with E-state index in [-0.39, 0.29) is 17.6 Å². The molecule has 1 aliphatic heterocycles. The van der Waals surface area contributed by atoms with Crippen molar-refractivity contribution in [2.24, 2.45) is 16.6 Å². The minimum absolute atomic E-state index is 0.00317. The van der Waals surface area contributed by atoms with E-state index in [1.165, 1.54) is 0 Å². The number of ether oxygens (including phenoxy) is 1. The number of carbonyl (C=O) groups is 2. The normalized spacial score (nSPS) is 27.2. The second kappa shape index (κ2) is 5.65. The lowest BCUT2D eigenvalue weighted by molar-refractivity contribution is -0.141. The molecule has 1 saturated heterocycles. The Kier molecular flexibility index (Phi) is 4.43. The number of hydrogen-bond donors (Lipinski definition) is 2. The van der Waals surface area contributed by atoms with E-state index >= 15 is 0 Å². The SMILES string of the molecule is CC1(C)CCC(C2(C(N)C(=O)O)CC2)N(C(=O)OC(C)(C)C)C1. The Morgan fingerprint density at radius 3 is 2.26 bits per heavy atom. The third-order valence-electron chi connectivity index (χ3n) is 5.07. The molecule has 3 N–H and O–H groups in total. The third-order valence-corrected chi connectivity index (χ3v) is 5.07. The summed E-state index contributed by atoms with van der Waals surface area (Å²) in [6.07, 6.45) is 2.87. The van der Waals surface area contributed by atoms with Crippen LogP contribution in [0.4, 0.5) is 4.79 Å². The highest BCUT2D eigenvalue weighted by Gasteiger charge is 2.60. The first-order valence-electron chi connectivity index (χ1n) is 8.36. The highest BCUT2D eigenvalue weighted by atomic mass is 16.6. The number of carbonyl (C=O) groups excluding carboxylic acids is 1. The number of hydrogen-bond acceptors (Lipinski definition) is 4. The van der Waals surface area contributed by atoms with Gasteiger partial charge in [-0.2, -0.15) is 0 Å². The van der Waals surface area contributed by atoms with E-state index in [1.807, 2.05) is 20.8 Å². The molecule has 132 valence electrons. The number of amides is 1. The smallest absolute Gasteiger partial charge is 0.410 e. The van der Waals surface area contributed by atoms with E-state index < -0.39 is 23.0 Å². The van der Waals surface area contributed by atoms with E-state index in [4.69, 9.17) is 10.5 Å². The van der Waals surface area contributed by atoms with Gasteiger partial charge in [0.15, 0.2) is 0 Å². The van der Waals surface area contributed by atoms with Crippen LogP contribution in [0.5, 0.6) is 0 Å². The van der Waals surface area contributed by atoms with Gasteiger partial charge in [0.25, 0.3) is 0 Å². The minimum Gasteiger partial charge on any atom is -0.480 e. The van der Waals surface area contributed by atoms with E-state index in [0.717, 1.165) is 25.7 Å². The summed E-state index contributed by atoms with van der Waals surface area (Å²) in [5.41, 5.74) is 4.89.